The van der Waals surface area contributed by atoms with Gasteiger partial charge in [0.05, 0.1) is 44.4 Å². The molecule has 2 heterocycles. The Morgan fingerprint density at radius 1 is 0.943 bits per heavy atom. The summed E-state index contributed by atoms with van der Waals surface area (Å²) in [4.78, 5) is 29.5. The third-order valence-corrected chi connectivity index (χ3v) is 8.13. The molecule has 2 aromatic rings. The summed E-state index contributed by atoms with van der Waals surface area (Å²) < 4.78 is 44.2. The molecular formula is C24H29N3O7S. The molecule has 11 heteroatoms. The lowest BCUT2D eigenvalue weighted by Gasteiger charge is -2.31. The van der Waals surface area contributed by atoms with Crippen LogP contribution in [0.5, 0.6) is 11.5 Å². The minimum absolute atomic E-state index is 0.0309. The van der Waals surface area contributed by atoms with Crippen molar-refractivity contribution >= 4 is 27.5 Å². The van der Waals surface area contributed by atoms with E-state index in [-0.39, 0.29) is 17.9 Å². The van der Waals surface area contributed by atoms with E-state index in [1.165, 1.54) is 26.4 Å². The zero-order valence-electron chi connectivity index (χ0n) is 19.8. The van der Waals surface area contributed by atoms with Crippen molar-refractivity contribution < 1.29 is 32.2 Å². The van der Waals surface area contributed by atoms with Gasteiger partial charge in [0.1, 0.15) is 17.5 Å². The Hall–Kier alpha value is -2.99. The van der Waals surface area contributed by atoms with Crippen LogP contribution in [0.2, 0.25) is 0 Å². The van der Waals surface area contributed by atoms with Crippen molar-refractivity contribution in [2.75, 3.05) is 58.5 Å². The van der Waals surface area contributed by atoms with Crippen molar-refractivity contribution in [3.63, 3.8) is 0 Å². The van der Waals surface area contributed by atoms with E-state index in [2.05, 4.69) is 4.90 Å². The van der Waals surface area contributed by atoms with Gasteiger partial charge in [-0.25, -0.2) is 13.3 Å². The van der Waals surface area contributed by atoms with Crippen LogP contribution >= 0.6 is 0 Å². The molecule has 2 amide bonds. The lowest BCUT2D eigenvalue weighted by Crippen LogP contribution is -2.49. The van der Waals surface area contributed by atoms with E-state index in [1.54, 1.807) is 36.4 Å². The van der Waals surface area contributed by atoms with Crippen molar-refractivity contribution in [3.8, 4) is 11.5 Å². The molecule has 2 saturated heterocycles. The van der Waals surface area contributed by atoms with Gasteiger partial charge < -0.3 is 14.2 Å². The Labute approximate surface area is 205 Å². The Morgan fingerprint density at radius 3 is 2.09 bits per heavy atom. The average molecular weight is 504 g/mol. The maximum Gasteiger partial charge on any atom is 0.252 e. The fraction of sp³-hybridized carbons (Fsp3) is 0.417. The molecule has 35 heavy (non-hydrogen) atoms. The van der Waals surface area contributed by atoms with Crippen molar-refractivity contribution in [3.05, 3.63) is 48.5 Å². The molecule has 188 valence electrons. The summed E-state index contributed by atoms with van der Waals surface area (Å²) in [5.41, 5.74) is 0.373. The Bertz CT molecular complexity index is 1150. The van der Waals surface area contributed by atoms with Gasteiger partial charge in [-0.15, -0.1) is 0 Å². The summed E-state index contributed by atoms with van der Waals surface area (Å²) in [7, 11) is -1.07. The van der Waals surface area contributed by atoms with Gasteiger partial charge in [0.15, 0.2) is 0 Å². The molecule has 2 aliphatic rings. The summed E-state index contributed by atoms with van der Waals surface area (Å²) in [6.07, 6.45) is -0.233. The van der Waals surface area contributed by atoms with Crippen LogP contribution in [0.4, 0.5) is 5.69 Å². The van der Waals surface area contributed by atoms with E-state index < -0.39 is 27.9 Å². The number of carbonyl (C=O) groups is 2. The quantitative estimate of drug-likeness (QED) is 0.473. The number of morpholine rings is 1. The number of amides is 2. The maximum atomic E-state index is 13.7. The van der Waals surface area contributed by atoms with E-state index in [0.29, 0.717) is 50.0 Å². The lowest BCUT2D eigenvalue weighted by atomic mass is 10.2. The number of nitrogens with zero attached hydrogens (tertiary/aromatic N) is 3. The van der Waals surface area contributed by atoms with E-state index in [9.17, 15) is 18.0 Å². The van der Waals surface area contributed by atoms with Gasteiger partial charge in [0.2, 0.25) is 15.9 Å². The fourth-order valence-electron chi connectivity index (χ4n) is 4.23. The Morgan fingerprint density at radius 2 is 1.51 bits per heavy atom. The first-order valence-electron chi connectivity index (χ1n) is 11.3. The molecule has 0 aromatic heterocycles. The van der Waals surface area contributed by atoms with Crippen LogP contribution in [0.1, 0.15) is 6.42 Å². The van der Waals surface area contributed by atoms with Crippen molar-refractivity contribution in [1.29, 1.82) is 0 Å². The molecule has 0 bridgehead atoms. The lowest BCUT2D eigenvalue weighted by molar-refractivity contribution is -0.122. The second-order valence-electron chi connectivity index (χ2n) is 8.23. The number of sulfonamides is 1. The highest BCUT2D eigenvalue weighted by Crippen LogP contribution is 2.30. The van der Waals surface area contributed by atoms with E-state index >= 15 is 0 Å². The predicted molar refractivity (Wildman–Crippen MR) is 128 cm³/mol. The highest BCUT2D eigenvalue weighted by Gasteiger charge is 2.47. The number of rotatable bonds is 9. The number of carbonyl (C=O) groups excluding carboxylic acids is 2. The van der Waals surface area contributed by atoms with Gasteiger partial charge >= 0.3 is 0 Å². The summed E-state index contributed by atoms with van der Waals surface area (Å²) in [6, 6.07) is 11.4. The normalized spacial score (nSPS) is 19.4. The monoisotopic (exact) mass is 503 g/mol. The van der Waals surface area contributed by atoms with E-state index in [0.717, 1.165) is 9.21 Å². The molecular weight excluding hydrogens is 474 g/mol. The summed E-state index contributed by atoms with van der Waals surface area (Å²) >= 11 is 0. The molecule has 0 saturated carbocycles. The van der Waals surface area contributed by atoms with Crippen molar-refractivity contribution in [1.82, 2.24) is 9.21 Å². The first kappa shape index (κ1) is 25.1. The van der Waals surface area contributed by atoms with Gasteiger partial charge in [-0.3, -0.25) is 14.5 Å². The smallest absolute Gasteiger partial charge is 0.252 e. The largest absolute Gasteiger partial charge is 0.497 e. The zero-order chi connectivity index (χ0) is 25.0. The molecule has 2 aliphatic heterocycles. The second kappa shape index (κ2) is 10.7. The average Bonchev–Trinajstić information content (AvgIpc) is 3.18. The van der Waals surface area contributed by atoms with Gasteiger partial charge in [-0.2, -0.15) is 4.31 Å². The fourth-order valence-corrected chi connectivity index (χ4v) is 5.81. The molecule has 0 spiro atoms. The maximum absolute atomic E-state index is 13.7. The summed E-state index contributed by atoms with van der Waals surface area (Å²) in [6.45, 7) is 2.96. The molecule has 0 aliphatic carbocycles. The first-order chi connectivity index (χ1) is 16.8. The molecule has 0 radical (unpaired) electrons. The van der Waals surface area contributed by atoms with Crippen LogP contribution in [0.15, 0.2) is 53.4 Å². The van der Waals surface area contributed by atoms with Gasteiger partial charge in [0, 0.05) is 26.2 Å². The second-order valence-corrected chi connectivity index (χ2v) is 10.1. The minimum atomic E-state index is -4.08. The number of ether oxygens (including phenoxy) is 3. The first-order valence-corrected chi connectivity index (χ1v) is 12.8. The third-order valence-electron chi connectivity index (χ3n) is 6.21. The molecule has 2 aromatic carbocycles. The number of hydrogen-bond acceptors (Lipinski definition) is 8. The van der Waals surface area contributed by atoms with Crippen LogP contribution in [-0.4, -0.2) is 89.1 Å². The van der Waals surface area contributed by atoms with Gasteiger partial charge in [-0.05, 0) is 48.5 Å². The summed E-state index contributed by atoms with van der Waals surface area (Å²) in [5.74, 6) is 0.0749. The number of benzene rings is 2. The number of hydrogen-bond donors (Lipinski definition) is 0. The standard InChI is InChI=1S/C24H29N3O7S/c1-32-19-5-3-18(4-6-19)27-23(28)17-22(24(27)29)26(12-11-25-13-15-34-16-14-25)35(30,31)21-9-7-20(33-2)8-10-21/h3-10,22H,11-17H2,1-2H3. The zero-order valence-corrected chi connectivity index (χ0v) is 20.6. The SMILES string of the molecule is COc1ccc(N2C(=O)CC(N(CCN3CCOCC3)S(=O)(=O)c3ccc(OC)cc3)C2=O)cc1. The molecule has 0 N–H and O–H groups in total. The molecule has 1 atom stereocenters. The van der Waals surface area contributed by atoms with Crippen LogP contribution in [0, 0.1) is 0 Å². The Kier molecular flexibility index (Phi) is 7.70. The molecule has 1 unspecified atom stereocenters. The number of anilines is 1. The number of imide groups is 1. The highest BCUT2D eigenvalue weighted by molar-refractivity contribution is 7.89. The van der Waals surface area contributed by atoms with E-state index in [4.69, 9.17) is 14.2 Å². The molecule has 10 nitrogen and oxygen atoms in total. The predicted octanol–water partition coefficient (Wildman–Crippen LogP) is 1.36. The van der Waals surface area contributed by atoms with Crippen molar-refractivity contribution in [2.24, 2.45) is 0 Å². The van der Waals surface area contributed by atoms with E-state index in [1.807, 2.05) is 0 Å². The molecule has 2 fully saturated rings. The highest BCUT2D eigenvalue weighted by atomic mass is 32.2. The van der Waals surface area contributed by atoms with Crippen LogP contribution in [0.3, 0.4) is 0 Å². The van der Waals surface area contributed by atoms with Gasteiger partial charge in [-0.1, -0.05) is 0 Å². The van der Waals surface area contributed by atoms with Crippen molar-refractivity contribution in [2.45, 2.75) is 17.4 Å². The summed E-state index contributed by atoms with van der Waals surface area (Å²) in [5, 5.41) is 0. The third kappa shape index (κ3) is 5.32. The Balaban J connectivity index is 1.63. The number of methoxy groups -OCH3 is 2. The van der Waals surface area contributed by atoms with Crippen LogP contribution in [0.25, 0.3) is 0 Å². The van der Waals surface area contributed by atoms with Gasteiger partial charge in [0.25, 0.3) is 5.91 Å². The minimum Gasteiger partial charge on any atom is -0.497 e. The topological polar surface area (TPSA) is 106 Å². The molecule has 4 rings (SSSR count). The van der Waals surface area contributed by atoms with Crippen LogP contribution in [-0.2, 0) is 24.3 Å². The van der Waals surface area contributed by atoms with Crippen LogP contribution < -0.4 is 14.4 Å².